The van der Waals surface area contributed by atoms with E-state index in [0.717, 1.165) is 30.4 Å². The summed E-state index contributed by atoms with van der Waals surface area (Å²) in [5.41, 5.74) is 1.02. The molecule has 1 aliphatic rings. The van der Waals surface area contributed by atoms with Gasteiger partial charge in [-0.25, -0.2) is 0 Å². The second kappa shape index (κ2) is 5.41. The van der Waals surface area contributed by atoms with E-state index in [2.05, 4.69) is 0 Å². The van der Waals surface area contributed by atoms with Crippen LogP contribution in [-0.2, 0) is 16.6 Å². The lowest BCUT2D eigenvalue weighted by atomic mass is 9.76. The summed E-state index contributed by atoms with van der Waals surface area (Å²) in [6, 6.07) is 3.57. The first-order chi connectivity index (χ1) is 9.05. The van der Waals surface area contributed by atoms with E-state index >= 15 is 0 Å². The van der Waals surface area contributed by atoms with Gasteiger partial charge in [-0.3, -0.25) is 4.79 Å². The smallest absolute Gasteiger partial charge is 0.314 e. The largest absolute Gasteiger partial charge is 0.496 e. The molecule has 0 bridgehead atoms. The minimum absolute atomic E-state index is 0.538. The summed E-state index contributed by atoms with van der Waals surface area (Å²) in [4.78, 5) is 11.8. The first-order valence-corrected chi connectivity index (χ1v) is 7.03. The van der Waals surface area contributed by atoms with Crippen molar-refractivity contribution in [3.05, 3.63) is 28.3 Å². The van der Waals surface area contributed by atoms with E-state index in [0.29, 0.717) is 23.6 Å². The van der Waals surface area contributed by atoms with E-state index in [1.54, 1.807) is 13.2 Å². The molecule has 1 fully saturated rings. The standard InChI is InChI=1S/C15H19ClO3/c1-3-11-12(8-10(16)9-13(11)19-2)15(14(17)18)6-4-5-7-15/h8-9H,3-7H2,1-2H3,(H,17,18). The second-order valence-corrected chi connectivity index (χ2v) is 5.52. The van der Waals surface area contributed by atoms with Crippen LogP contribution in [0.25, 0.3) is 0 Å². The van der Waals surface area contributed by atoms with Crippen LogP contribution in [-0.4, -0.2) is 18.2 Å². The number of carboxylic acid groups (broad SMARTS) is 1. The maximum absolute atomic E-state index is 11.8. The van der Waals surface area contributed by atoms with Crippen molar-refractivity contribution in [2.75, 3.05) is 7.11 Å². The van der Waals surface area contributed by atoms with Crippen molar-refractivity contribution in [3.8, 4) is 5.75 Å². The third-order valence-electron chi connectivity index (χ3n) is 4.13. The van der Waals surface area contributed by atoms with Gasteiger partial charge in [-0.05, 0) is 42.5 Å². The van der Waals surface area contributed by atoms with Crippen LogP contribution in [0.1, 0.15) is 43.7 Å². The van der Waals surface area contributed by atoms with Gasteiger partial charge in [-0.15, -0.1) is 0 Å². The van der Waals surface area contributed by atoms with Crippen LogP contribution in [0.2, 0.25) is 5.02 Å². The fourth-order valence-corrected chi connectivity index (χ4v) is 3.37. The normalized spacial score (nSPS) is 17.4. The molecule has 1 aliphatic carbocycles. The summed E-state index contributed by atoms with van der Waals surface area (Å²) in [6.07, 6.45) is 4.00. The van der Waals surface area contributed by atoms with Crippen molar-refractivity contribution in [3.63, 3.8) is 0 Å². The number of aliphatic carboxylic acids is 1. The third kappa shape index (κ3) is 2.32. The summed E-state index contributed by atoms with van der Waals surface area (Å²) < 4.78 is 5.36. The molecule has 0 spiro atoms. The van der Waals surface area contributed by atoms with Gasteiger partial charge in [-0.2, -0.15) is 0 Å². The van der Waals surface area contributed by atoms with E-state index in [9.17, 15) is 9.90 Å². The summed E-state index contributed by atoms with van der Waals surface area (Å²) in [5, 5.41) is 10.2. The first-order valence-electron chi connectivity index (χ1n) is 6.65. The van der Waals surface area contributed by atoms with Crippen LogP contribution < -0.4 is 4.74 Å². The Labute approximate surface area is 118 Å². The minimum atomic E-state index is -0.788. The zero-order chi connectivity index (χ0) is 14.0. The van der Waals surface area contributed by atoms with Gasteiger partial charge in [0, 0.05) is 5.02 Å². The van der Waals surface area contributed by atoms with Crippen molar-refractivity contribution < 1.29 is 14.6 Å². The van der Waals surface area contributed by atoms with Gasteiger partial charge >= 0.3 is 5.97 Å². The molecular weight excluding hydrogens is 264 g/mol. The Hall–Kier alpha value is -1.22. The lowest BCUT2D eigenvalue weighted by Crippen LogP contribution is -2.33. The lowest BCUT2D eigenvalue weighted by Gasteiger charge is -2.28. The fourth-order valence-electron chi connectivity index (χ4n) is 3.16. The molecule has 0 atom stereocenters. The maximum atomic E-state index is 11.8. The first kappa shape index (κ1) is 14.2. The number of rotatable bonds is 4. The van der Waals surface area contributed by atoms with Crippen LogP contribution in [0.3, 0.4) is 0 Å². The Morgan fingerprint density at radius 1 is 1.42 bits per heavy atom. The third-order valence-corrected chi connectivity index (χ3v) is 4.35. The predicted octanol–water partition coefficient (Wildman–Crippen LogP) is 3.81. The molecule has 0 heterocycles. The van der Waals surface area contributed by atoms with E-state index in [4.69, 9.17) is 16.3 Å². The Morgan fingerprint density at radius 3 is 2.53 bits per heavy atom. The number of benzene rings is 1. The summed E-state index contributed by atoms with van der Waals surface area (Å²) in [5.74, 6) is -0.0541. The molecule has 0 saturated heterocycles. The van der Waals surface area contributed by atoms with Gasteiger partial charge in [-0.1, -0.05) is 31.4 Å². The molecule has 3 nitrogen and oxygen atoms in total. The highest BCUT2D eigenvalue weighted by Crippen LogP contribution is 2.45. The molecule has 104 valence electrons. The van der Waals surface area contributed by atoms with E-state index in [1.807, 2.05) is 13.0 Å². The summed E-state index contributed by atoms with van der Waals surface area (Å²) in [6.45, 7) is 2.01. The molecule has 1 N–H and O–H groups in total. The Kier molecular flexibility index (Phi) is 4.04. The molecular formula is C15H19ClO3. The van der Waals surface area contributed by atoms with Gasteiger partial charge in [0.15, 0.2) is 0 Å². The van der Waals surface area contributed by atoms with Crippen LogP contribution >= 0.6 is 11.6 Å². The van der Waals surface area contributed by atoms with Gasteiger partial charge in [0.1, 0.15) is 5.75 Å². The monoisotopic (exact) mass is 282 g/mol. The molecule has 0 aromatic heterocycles. The minimum Gasteiger partial charge on any atom is -0.496 e. The lowest BCUT2D eigenvalue weighted by molar-refractivity contribution is -0.143. The van der Waals surface area contributed by atoms with Crippen LogP contribution in [0, 0.1) is 0 Å². The molecule has 1 aromatic rings. The number of hydrogen-bond acceptors (Lipinski definition) is 2. The molecule has 0 amide bonds. The Morgan fingerprint density at radius 2 is 2.05 bits per heavy atom. The second-order valence-electron chi connectivity index (χ2n) is 5.08. The number of halogens is 1. The Bertz CT molecular complexity index is 490. The molecule has 1 aromatic carbocycles. The molecule has 0 unspecified atom stereocenters. The average molecular weight is 283 g/mol. The van der Waals surface area contributed by atoms with Gasteiger partial charge in [0.2, 0.25) is 0 Å². The maximum Gasteiger partial charge on any atom is 0.314 e. The highest BCUT2D eigenvalue weighted by molar-refractivity contribution is 6.30. The molecule has 1 saturated carbocycles. The highest BCUT2D eigenvalue weighted by atomic mass is 35.5. The fraction of sp³-hybridized carbons (Fsp3) is 0.533. The highest BCUT2D eigenvalue weighted by Gasteiger charge is 2.44. The number of ether oxygens (including phenoxy) is 1. The predicted molar refractivity (Wildman–Crippen MR) is 75.2 cm³/mol. The van der Waals surface area contributed by atoms with E-state index in [1.165, 1.54) is 0 Å². The van der Waals surface area contributed by atoms with Crippen molar-refractivity contribution in [2.45, 2.75) is 44.4 Å². The quantitative estimate of drug-likeness (QED) is 0.913. The van der Waals surface area contributed by atoms with Gasteiger partial charge in [0.05, 0.1) is 12.5 Å². The topological polar surface area (TPSA) is 46.5 Å². The Balaban J connectivity index is 2.65. The van der Waals surface area contributed by atoms with E-state index in [-0.39, 0.29) is 0 Å². The molecule has 0 aliphatic heterocycles. The number of carbonyl (C=O) groups is 1. The molecule has 0 radical (unpaired) electrons. The number of methoxy groups -OCH3 is 1. The average Bonchev–Trinajstić information content (AvgIpc) is 2.88. The molecule has 2 rings (SSSR count). The zero-order valence-corrected chi connectivity index (χ0v) is 12.1. The van der Waals surface area contributed by atoms with Crippen molar-refractivity contribution in [1.82, 2.24) is 0 Å². The van der Waals surface area contributed by atoms with E-state index < -0.39 is 11.4 Å². The van der Waals surface area contributed by atoms with Crippen molar-refractivity contribution in [1.29, 1.82) is 0 Å². The summed E-state index contributed by atoms with van der Waals surface area (Å²) >= 11 is 6.13. The van der Waals surface area contributed by atoms with Crippen LogP contribution in [0.15, 0.2) is 12.1 Å². The summed E-state index contributed by atoms with van der Waals surface area (Å²) in [7, 11) is 1.59. The SMILES string of the molecule is CCc1c(OC)cc(Cl)cc1C1(C(=O)O)CCCC1. The van der Waals surface area contributed by atoms with Gasteiger partial charge < -0.3 is 9.84 Å². The zero-order valence-electron chi connectivity index (χ0n) is 11.3. The number of hydrogen-bond donors (Lipinski definition) is 1. The molecule has 4 heteroatoms. The van der Waals surface area contributed by atoms with Crippen molar-refractivity contribution >= 4 is 17.6 Å². The van der Waals surface area contributed by atoms with Crippen LogP contribution in [0.5, 0.6) is 5.75 Å². The van der Waals surface area contributed by atoms with Gasteiger partial charge in [0.25, 0.3) is 0 Å². The molecule has 19 heavy (non-hydrogen) atoms. The van der Waals surface area contributed by atoms with Crippen molar-refractivity contribution in [2.24, 2.45) is 0 Å². The van der Waals surface area contributed by atoms with Crippen LogP contribution in [0.4, 0.5) is 0 Å². The number of carboxylic acids is 1.